The molecule has 0 N–H and O–H groups in total. The van der Waals surface area contributed by atoms with E-state index in [0.29, 0.717) is 28.1 Å². The molecule has 0 atom stereocenters. The van der Waals surface area contributed by atoms with Crippen LogP contribution in [0.3, 0.4) is 0 Å². The number of ether oxygens (including phenoxy) is 1. The molecule has 1 heterocycles. The van der Waals surface area contributed by atoms with E-state index in [-0.39, 0.29) is 17.2 Å². The number of aryl methyl sites for hydroxylation is 1. The van der Waals surface area contributed by atoms with Crippen LogP contribution in [0.5, 0.6) is 5.75 Å². The maximum Gasteiger partial charge on any atom is 0.264 e. The van der Waals surface area contributed by atoms with Crippen molar-refractivity contribution in [2.45, 2.75) is 18.4 Å². The van der Waals surface area contributed by atoms with Crippen LogP contribution in [-0.4, -0.2) is 21.3 Å². The Balaban J connectivity index is 1.94. The Bertz CT molecular complexity index is 1170. The SMILES string of the molecule is COc1ccc2c(c1)CN(S(=O)(=O)c1ccc(C)cc1)c1ccccc1C2=O. The Hall–Kier alpha value is -3.12. The first-order chi connectivity index (χ1) is 13.4. The predicted molar refractivity (Wildman–Crippen MR) is 107 cm³/mol. The van der Waals surface area contributed by atoms with E-state index in [1.54, 1.807) is 66.7 Å². The molecule has 0 amide bonds. The highest BCUT2D eigenvalue weighted by Crippen LogP contribution is 2.35. The molecule has 0 aromatic heterocycles. The van der Waals surface area contributed by atoms with Crippen LogP contribution in [0.1, 0.15) is 27.0 Å². The minimum absolute atomic E-state index is 0.0471. The van der Waals surface area contributed by atoms with E-state index >= 15 is 0 Å². The van der Waals surface area contributed by atoms with Gasteiger partial charge in [-0.2, -0.15) is 0 Å². The Morgan fingerprint density at radius 2 is 1.64 bits per heavy atom. The molecule has 3 aromatic rings. The molecular weight excluding hydrogens is 374 g/mol. The summed E-state index contributed by atoms with van der Waals surface area (Å²) in [5.74, 6) is 0.375. The molecule has 0 aliphatic carbocycles. The van der Waals surface area contributed by atoms with Gasteiger partial charge in [-0.1, -0.05) is 29.8 Å². The summed E-state index contributed by atoms with van der Waals surface area (Å²) >= 11 is 0. The zero-order valence-electron chi connectivity index (χ0n) is 15.5. The molecule has 3 aromatic carbocycles. The van der Waals surface area contributed by atoms with Crippen LogP contribution in [0.25, 0.3) is 0 Å². The molecule has 4 rings (SSSR count). The van der Waals surface area contributed by atoms with Gasteiger partial charge >= 0.3 is 0 Å². The molecule has 0 spiro atoms. The third kappa shape index (κ3) is 2.96. The number of benzene rings is 3. The summed E-state index contributed by atoms with van der Waals surface area (Å²) in [6, 6.07) is 18.6. The molecule has 142 valence electrons. The second kappa shape index (κ2) is 6.80. The van der Waals surface area contributed by atoms with E-state index < -0.39 is 10.0 Å². The summed E-state index contributed by atoms with van der Waals surface area (Å²) in [5.41, 5.74) is 2.80. The number of nitrogens with zero attached hydrogens (tertiary/aromatic N) is 1. The van der Waals surface area contributed by atoms with Crippen molar-refractivity contribution in [2.75, 3.05) is 11.4 Å². The highest BCUT2D eigenvalue weighted by Gasteiger charge is 2.33. The van der Waals surface area contributed by atoms with Gasteiger partial charge in [0.15, 0.2) is 5.78 Å². The third-order valence-corrected chi connectivity index (χ3v) is 6.67. The Morgan fingerprint density at radius 1 is 0.929 bits per heavy atom. The van der Waals surface area contributed by atoms with Gasteiger partial charge in [0, 0.05) is 11.1 Å². The van der Waals surface area contributed by atoms with Gasteiger partial charge in [-0.25, -0.2) is 8.42 Å². The molecule has 0 saturated carbocycles. The van der Waals surface area contributed by atoms with Gasteiger partial charge < -0.3 is 4.74 Å². The van der Waals surface area contributed by atoms with E-state index in [9.17, 15) is 13.2 Å². The summed E-state index contributed by atoms with van der Waals surface area (Å²) in [7, 11) is -2.32. The van der Waals surface area contributed by atoms with E-state index in [4.69, 9.17) is 4.74 Å². The molecule has 0 fully saturated rings. The number of methoxy groups -OCH3 is 1. The Labute approximate surface area is 164 Å². The van der Waals surface area contributed by atoms with Crippen LogP contribution < -0.4 is 9.04 Å². The number of fused-ring (bicyclic) bond motifs is 2. The average molecular weight is 393 g/mol. The van der Waals surface area contributed by atoms with Crippen LogP contribution in [0.15, 0.2) is 71.6 Å². The fraction of sp³-hybridized carbons (Fsp3) is 0.136. The van der Waals surface area contributed by atoms with Crippen molar-refractivity contribution in [1.29, 1.82) is 0 Å². The number of hydrogen-bond acceptors (Lipinski definition) is 4. The number of anilines is 1. The molecular formula is C22H19NO4S. The number of hydrogen-bond donors (Lipinski definition) is 0. The van der Waals surface area contributed by atoms with Crippen molar-refractivity contribution in [3.63, 3.8) is 0 Å². The lowest BCUT2D eigenvalue weighted by atomic mass is 9.99. The zero-order valence-corrected chi connectivity index (χ0v) is 16.4. The number of sulfonamides is 1. The maximum absolute atomic E-state index is 13.5. The van der Waals surface area contributed by atoms with E-state index in [1.165, 1.54) is 11.4 Å². The average Bonchev–Trinajstić information content (AvgIpc) is 2.83. The smallest absolute Gasteiger partial charge is 0.264 e. The van der Waals surface area contributed by atoms with Crippen molar-refractivity contribution < 1.29 is 17.9 Å². The molecule has 1 aliphatic rings. The zero-order chi connectivity index (χ0) is 19.9. The van der Waals surface area contributed by atoms with Gasteiger partial charge in [-0.3, -0.25) is 9.10 Å². The minimum atomic E-state index is -3.86. The van der Waals surface area contributed by atoms with Gasteiger partial charge in [-0.15, -0.1) is 0 Å². The second-order valence-corrected chi connectivity index (χ2v) is 8.56. The molecule has 0 radical (unpaired) electrons. The van der Waals surface area contributed by atoms with Gasteiger partial charge in [-0.05, 0) is 55.0 Å². The lowest BCUT2D eigenvalue weighted by Gasteiger charge is -2.24. The Morgan fingerprint density at radius 3 is 2.36 bits per heavy atom. The van der Waals surface area contributed by atoms with Gasteiger partial charge in [0.05, 0.1) is 24.2 Å². The molecule has 5 nitrogen and oxygen atoms in total. The quantitative estimate of drug-likeness (QED) is 0.676. The lowest BCUT2D eigenvalue weighted by molar-refractivity contribution is 0.103. The van der Waals surface area contributed by atoms with Gasteiger partial charge in [0.1, 0.15) is 5.75 Å². The van der Waals surface area contributed by atoms with Crippen LogP contribution in [0, 0.1) is 6.92 Å². The maximum atomic E-state index is 13.5. The fourth-order valence-electron chi connectivity index (χ4n) is 3.37. The van der Waals surface area contributed by atoms with Crippen LogP contribution >= 0.6 is 0 Å². The first-order valence-corrected chi connectivity index (χ1v) is 10.3. The molecule has 28 heavy (non-hydrogen) atoms. The highest BCUT2D eigenvalue weighted by molar-refractivity contribution is 7.92. The van der Waals surface area contributed by atoms with Crippen LogP contribution in [-0.2, 0) is 16.6 Å². The first kappa shape index (κ1) is 18.3. The summed E-state index contributed by atoms with van der Waals surface area (Å²) < 4.78 is 33.5. The number of para-hydroxylation sites is 1. The predicted octanol–water partition coefficient (Wildman–Crippen LogP) is 3.94. The van der Waals surface area contributed by atoms with Gasteiger partial charge in [0.2, 0.25) is 0 Å². The van der Waals surface area contributed by atoms with E-state index in [0.717, 1.165) is 5.56 Å². The number of ketones is 1. The highest BCUT2D eigenvalue weighted by atomic mass is 32.2. The van der Waals surface area contributed by atoms with Crippen LogP contribution in [0.4, 0.5) is 5.69 Å². The van der Waals surface area contributed by atoms with E-state index in [1.807, 2.05) is 6.92 Å². The van der Waals surface area contributed by atoms with Crippen molar-refractivity contribution in [1.82, 2.24) is 0 Å². The molecule has 0 saturated heterocycles. The van der Waals surface area contributed by atoms with Crippen molar-refractivity contribution in [2.24, 2.45) is 0 Å². The van der Waals surface area contributed by atoms with Gasteiger partial charge in [0.25, 0.3) is 10.0 Å². The lowest BCUT2D eigenvalue weighted by Crippen LogP contribution is -2.30. The minimum Gasteiger partial charge on any atom is -0.497 e. The molecule has 1 aliphatic heterocycles. The number of carbonyl (C=O) groups is 1. The van der Waals surface area contributed by atoms with Crippen LogP contribution in [0.2, 0.25) is 0 Å². The summed E-state index contributed by atoms with van der Waals surface area (Å²) in [6.45, 7) is 1.95. The summed E-state index contributed by atoms with van der Waals surface area (Å²) in [4.78, 5) is 13.3. The van der Waals surface area contributed by atoms with Crippen molar-refractivity contribution in [3.05, 3.63) is 89.0 Å². The third-order valence-electron chi connectivity index (χ3n) is 4.90. The Kier molecular flexibility index (Phi) is 4.43. The van der Waals surface area contributed by atoms with Crippen molar-refractivity contribution in [3.8, 4) is 5.75 Å². The molecule has 0 bridgehead atoms. The number of carbonyl (C=O) groups excluding carboxylic acids is 1. The second-order valence-electron chi connectivity index (χ2n) is 6.69. The molecule has 6 heteroatoms. The van der Waals surface area contributed by atoms with E-state index in [2.05, 4.69) is 0 Å². The van der Waals surface area contributed by atoms with Crippen molar-refractivity contribution >= 4 is 21.5 Å². The normalized spacial score (nSPS) is 13.5. The number of rotatable bonds is 3. The fourth-order valence-corrected chi connectivity index (χ4v) is 4.83. The monoisotopic (exact) mass is 393 g/mol. The topological polar surface area (TPSA) is 63.7 Å². The first-order valence-electron chi connectivity index (χ1n) is 8.82. The standard InChI is InChI=1S/C22H19NO4S/c1-15-7-10-18(11-8-15)28(25,26)23-14-16-13-17(27-2)9-12-19(16)22(24)20-5-3-4-6-21(20)23/h3-13H,14H2,1-2H3. The summed E-state index contributed by atoms with van der Waals surface area (Å²) in [5, 5.41) is 0. The molecule has 0 unspecified atom stereocenters. The largest absolute Gasteiger partial charge is 0.497 e. The summed E-state index contributed by atoms with van der Waals surface area (Å²) in [6.07, 6.45) is 0.